The molecule has 192 valence electrons. The van der Waals surface area contributed by atoms with E-state index in [1.54, 1.807) is 16.0 Å². The number of nitro benzene ring substituents is 1. The largest absolute Gasteiger partial charge is 0.471 e. The molecule has 0 saturated carbocycles. The van der Waals surface area contributed by atoms with Crippen LogP contribution in [0.25, 0.3) is 11.2 Å². The van der Waals surface area contributed by atoms with Crippen LogP contribution in [-0.2, 0) is 22.6 Å². The summed E-state index contributed by atoms with van der Waals surface area (Å²) in [6, 6.07) is 5.50. The summed E-state index contributed by atoms with van der Waals surface area (Å²) in [4.78, 5) is 30.5. The Morgan fingerprint density at radius 1 is 1.28 bits per heavy atom. The molecule has 15 heteroatoms. The van der Waals surface area contributed by atoms with Gasteiger partial charge in [0.05, 0.1) is 29.6 Å². The van der Waals surface area contributed by atoms with E-state index in [0.717, 1.165) is 6.07 Å². The standard InChI is InChI=1S/C21H21F3N6O6/c22-21(23,24)20(33)27-7-11-1-2-12(14(5-11)30(34)35)8-26-13-3-4-25-19-18(13)28-10-29(19)17-6-15(32)16(9-31)36-17/h1-5,10,15-17,31-32H,6-9H2,(H,25,26)(H,27,33)/t15?,16-,17-/m1/s1. The summed E-state index contributed by atoms with van der Waals surface area (Å²) in [6.45, 7) is -0.871. The van der Waals surface area contributed by atoms with Crippen LogP contribution in [0.5, 0.6) is 0 Å². The van der Waals surface area contributed by atoms with Crippen molar-refractivity contribution < 1.29 is 37.8 Å². The van der Waals surface area contributed by atoms with Crippen LogP contribution in [0.3, 0.4) is 0 Å². The number of aliphatic hydroxyl groups is 2. The molecule has 1 aromatic carbocycles. The molecule has 0 aliphatic carbocycles. The number of anilines is 1. The highest BCUT2D eigenvalue weighted by atomic mass is 19.4. The number of alkyl halides is 3. The summed E-state index contributed by atoms with van der Waals surface area (Å²) >= 11 is 0. The maximum absolute atomic E-state index is 12.4. The van der Waals surface area contributed by atoms with Gasteiger partial charge in [0.15, 0.2) is 5.65 Å². The Hall–Kier alpha value is -3.82. The van der Waals surface area contributed by atoms with E-state index in [0.29, 0.717) is 16.9 Å². The first-order valence-electron chi connectivity index (χ1n) is 10.7. The minimum Gasteiger partial charge on any atom is -0.394 e. The number of nitrogens with one attached hydrogen (secondary N) is 2. The highest BCUT2D eigenvalue weighted by Gasteiger charge is 2.38. The number of rotatable bonds is 8. The van der Waals surface area contributed by atoms with Gasteiger partial charge in [0.2, 0.25) is 0 Å². The smallest absolute Gasteiger partial charge is 0.394 e. The lowest BCUT2D eigenvalue weighted by atomic mass is 10.1. The molecule has 0 spiro atoms. The predicted octanol–water partition coefficient (Wildman–Crippen LogP) is 1.77. The van der Waals surface area contributed by atoms with Crippen molar-refractivity contribution in [3.05, 3.63) is 58.0 Å². The van der Waals surface area contributed by atoms with Gasteiger partial charge >= 0.3 is 12.1 Å². The van der Waals surface area contributed by atoms with E-state index < -0.39 is 42.0 Å². The van der Waals surface area contributed by atoms with Gasteiger partial charge in [-0.05, 0) is 11.6 Å². The number of benzene rings is 1. The second kappa shape index (κ2) is 10.0. The Labute approximate surface area is 200 Å². The topological polar surface area (TPSA) is 165 Å². The zero-order valence-electron chi connectivity index (χ0n) is 18.5. The van der Waals surface area contributed by atoms with Crippen LogP contribution < -0.4 is 10.6 Å². The van der Waals surface area contributed by atoms with Crippen LogP contribution >= 0.6 is 0 Å². The molecule has 1 amide bonds. The van der Waals surface area contributed by atoms with Gasteiger partial charge in [-0.1, -0.05) is 12.1 Å². The molecule has 4 N–H and O–H groups in total. The molecule has 3 atom stereocenters. The van der Waals surface area contributed by atoms with Crippen molar-refractivity contribution in [1.29, 1.82) is 0 Å². The molecule has 1 unspecified atom stereocenters. The van der Waals surface area contributed by atoms with Crippen molar-refractivity contribution >= 4 is 28.4 Å². The van der Waals surface area contributed by atoms with Crippen LogP contribution in [0.1, 0.15) is 23.8 Å². The maximum Gasteiger partial charge on any atom is 0.471 e. The average molecular weight is 510 g/mol. The van der Waals surface area contributed by atoms with Crippen LogP contribution in [-0.4, -0.2) is 60.6 Å². The number of carbonyl (C=O) groups is 1. The summed E-state index contributed by atoms with van der Waals surface area (Å²) in [6.07, 6.45) is -3.99. The highest BCUT2D eigenvalue weighted by Crippen LogP contribution is 2.32. The third-order valence-electron chi connectivity index (χ3n) is 5.68. The lowest BCUT2D eigenvalue weighted by Crippen LogP contribution is -2.36. The molecular formula is C21H21F3N6O6. The van der Waals surface area contributed by atoms with E-state index in [9.17, 15) is 38.3 Å². The number of amides is 1. The lowest BCUT2D eigenvalue weighted by molar-refractivity contribution is -0.385. The van der Waals surface area contributed by atoms with Gasteiger partial charge in [-0.3, -0.25) is 19.5 Å². The van der Waals surface area contributed by atoms with Crippen molar-refractivity contribution in [3.8, 4) is 0 Å². The van der Waals surface area contributed by atoms with Gasteiger partial charge in [0, 0.05) is 37.3 Å². The third-order valence-corrected chi connectivity index (χ3v) is 5.68. The van der Waals surface area contributed by atoms with Crippen molar-refractivity contribution in [2.24, 2.45) is 0 Å². The van der Waals surface area contributed by atoms with E-state index in [2.05, 4.69) is 15.3 Å². The minimum atomic E-state index is -5.05. The molecule has 36 heavy (non-hydrogen) atoms. The van der Waals surface area contributed by atoms with Gasteiger partial charge in [0.25, 0.3) is 5.69 Å². The van der Waals surface area contributed by atoms with E-state index in [-0.39, 0.29) is 36.4 Å². The number of fused-ring (bicyclic) bond motifs is 1. The van der Waals surface area contributed by atoms with Crippen LogP contribution in [0.2, 0.25) is 0 Å². The normalized spacial score (nSPS) is 20.0. The van der Waals surface area contributed by atoms with Gasteiger partial charge in [0.1, 0.15) is 17.8 Å². The van der Waals surface area contributed by atoms with Gasteiger partial charge in [-0.15, -0.1) is 0 Å². The summed E-state index contributed by atoms with van der Waals surface area (Å²) in [5.41, 5.74) is 1.43. The number of hydrogen-bond donors (Lipinski definition) is 4. The van der Waals surface area contributed by atoms with Crippen molar-refractivity contribution in [2.75, 3.05) is 11.9 Å². The number of hydrogen-bond acceptors (Lipinski definition) is 9. The maximum atomic E-state index is 12.4. The number of halogens is 3. The molecule has 1 saturated heterocycles. The van der Waals surface area contributed by atoms with Crippen molar-refractivity contribution in [1.82, 2.24) is 19.9 Å². The number of carbonyl (C=O) groups excluding carboxylic acids is 1. The zero-order chi connectivity index (χ0) is 26.0. The Morgan fingerprint density at radius 2 is 2.06 bits per heavy atom. The third kappa shape index (κ3) is 5.22. The number of aromatic nitrogens is 3. The summed E-state index contributed by atoms with van der Waals surface area (Å²) in [7, 11) is 0. The molecule has 4 rings (SSSR count). The number of nitro groups is 1. The van der Waals surface area contributed by atoms with E-state index in [1.807, 2.05) is 0 Å². The molecule has 1 fully saturated rings. The Morgan fingerprint density at radius 3 is 2.72 bits per heavy atom. The molecule has 1 aliphatic rings. The SMILES string of the molecule is O=C(NCc1ccc(CNc2ccnc3c2ncn3[C@H]2CC(O)[C@@H](CO)O2)c([N+](=O)[O-])c1)C(F)(F)F. The second-order valence-electron chi connectivity index (χ2n) is 8.05. The van der Waals surface area contributed by atoms with E-state index >= 15 is 0 Å². The second-order valence-corrected chi connectivity index (χ2v) is 8.05. The number of aliphatic hydroxyl groups excluding tert-OH is 2. The van der Waals surface area contributed by atoms with E-state index in [4.69, 9.17) is 4.74 Å². The quantitative estimate of drug-likeness (QED) is 0.261. The zero-order valence-corrected chi connectivity index (χ0v) is 18.5. The van der Waals surface area contributed by atoms with Gasteiger partial charge in [-0.25, -0.2) is 9.97 Å². The summed E-state index contributed by atoms with van der Waals surface area (Å²) < 4.78 is 44.4. The first-order chi connectivity index (χ1) is 17.1. The first-order valence-corrected chi connectivity index (χ1v) is 10.7. The fraction of sp³-hybridized carbons (Fsp3) is 0.381. The Kier molecular flexibility index (Phi) is 7.05. The molecule has 0 radical (unpaired) electrons. The van der Waals surface area contributed by atoms with Crippen LogP contribution in [0.4, 0.5) is 24.5 Å². The highest BCUT2D eigenvalue weighted by molar-refractivity contribution is 5.85. The average Bonchev–Trinajstić information content (AvgIpc) is 3.43. The number of ether oxygens (including phenoxy) is 1. The molecular weight excluding hydrogens is 489 g/mol. The van der Waals surface area contributed by atoms with E-state index in [1.165, 1.54) is 24.7 Å². The lowest BCUT2D eigenvalue weighted by Gasteiger charge is -2.14. The van der Waals surface area contributed by atoms with Gasteiger partial charge < -0.3 is 25.6 Å². The fourth-order valence-electron chi connectivity index (χ4n) is 3.85. The van der Waals surface area contributed by atoms with Crippen LogP contribution in [0.15, 0.2) is 36.8 Å². The molecule has 1 aliphatic heterocycles. The van der Waals surface area contributed by atoms with Gasteiger partial charge in [-0.2, -0.15) is 13.2 Å². The molecule has 12 nitrogen and oxygen atoms in total. The first kappa shape index (κ1) is 25.3. The summed E-state index contributed by atoms with van der Waals surface area (Å²) in [5, 5.41) is 35.6. The molecule has 2 aromatic heterocycles. The molecule has 3 heterocycles. The molecule has 0 bridgehead atoms. The number of pyridine rings is 1. The van der Waals surface area contributed by atoms with Crippen LogP contribution in [0, 0.1) is 10.1 Å². The Bertz CT molecular complexity index is 1280. The Balaban J connectivity index is 1.50. The summed E-state index contributed by atoms with van der Waals surface area (Å²) in [5.74, 6) is -2.14. The number of nitrogens with zero attached hydrogens (tertiary/aromatic N) is 4. The number of imidazole rings is 1. The van der Waals surface area contributed by atoms with Crippen molar-refractivity contribution in [2.45, 2.75) is 44.1 Å². The minimum absolute atomic E-state index is 0.0112. The van der Waals surface area contributed by atoms with Crippen molar-refractivity contribution in [3.63, 3.8) is 0 Å². The predicted molar refractivity (Wildman–Crippen MR) is 117 cm³/mol. The monoisotopic (exact) mass is 510 g/mol. The molecule has 3 aromatic rings. The fourth-order valence-corrected chi connectivity index (χ4v) is 3.85.